The molecule has 1 amide bonds. The largest absolute Gasteiger partial charge is 0.395 e. The fourth-order valence-electron chi connectivity index (χ4n) is 1.33. The molecule has 0 aliphatic rings. The van der Waals surface area contributed by atoms with E-state index in [2.05, 4.69) is 10.6 Å². The lowest BCUT2D eigenvalue weighted by Gasteiger charge is -2.27. The number of aliphatic hydroxyl groups excluding tert-OH is 1. The summed E-state index contributed by atoms with van der Waals surface area (Å²) in [6.07, 6.45) is 0. The molecule has 0 fully saturated rings. The van der Waals surface area contributed by atoms with Gasteiger partial charge in [-0.15, -0.1) is 0 Å². The average Bonchev–Trinajstić information content (AvgIpc) is 2.10. The molecule has 4 heteroatoms. The molecule has 4 nitrogen and oxygen atoms in total. The van der Waals surface area contributed by atoms with E-state index in [9.17, 15) is 4.79 Å². The number of carbonyl (C=O) groups is 1. The zero-order valence-corrected chi connectivity index (χ0v) is 11.3. The third-order valence-corrected chi connectivity index (χ3v) is 2.36. The molecule has 0 aromatic rings. The van der Waals surface area contributed by atoms with Crippen LogP contribution < -0.4 is 10.6 Å². The minimum Gasteiger partial charge on any atom is -0.395 e. The van der Waals surface area contributed by atoms with E-state index in [0.29, 0.717) is 5.92 Å². The molecule has 0 saturated carbocycles. The van der Waals surface area contributed by atoms with Gasteiger partial charge in [0.05, 0.1) is 12.6 Å². The van der Waals surface area contributed by atoms with Crippen LogP contribution in [0, 0.1) is 5.92 Å². The van der Waals surface area contributed by atoms with Gasteiger partial charge in [0.15, 0.2) is 0 Å². The molecule has 0 aliphatic carbocycles. The van der Waals surface area contributed by atoms with Crippen LogP contribution >= 0.6 is 0 Å². The summed E-state index contributed by atoms with van der Waals surface area (Å²) in [5.41, 5.74) is -0.223. The molecule has 1 unspecified atom stereocenters. The zero-order valence-electron chi connectivity index (χ0n) is 11.3. The molecule has 0 spiro atoms. The summed E-state index contributed by atoms with van der Waals surface area (Å²) in [5, 5.41) is 15.2. The van der Waals surface area contributed by atoms with E-state index in [1.54, 1.807) is 0 Å². The van der Waals surface area contributed by atoms with Crippen molar-refractivity contribution in [2.75, 3.05) is 6.61 Å². The second-order valence-electron chi connectivity index (χ2n) is 5.66. The zero-order chi connectivity index (χ0) is 12.9. The van der Waals surface area contributed by atoms with Crippen LogP contribution in [0.3, 0.4) is 0 Å². The van der Waals surface area contributed by atoms with Crippen LogP contribution in [0.5, 0.6) is 0 Å². The van der Waals surface area contributed by atoms with Crippen molar-refractivity contribution >= 4 is 5.91 Å². The maximum Gasteiger partial charge on any atom is 0.237 e. The highest BCUT2D eigenvalue weighted by molar-refractivity contribution is 5.81. The van der Waals surface area contributed by atoms with E-state index >= 15 is 0 Å². The quantitative estimate of drug-likeness (QED) is 0.657. The highest BCUT2D eigenvalue weighted by atomic mass is 16.3. The molecular formula is C12H26N2O2. The van der Waals surface area contributed by atoms with Gasteiger partial charge in [0.1, 0.15) is 0 Å². The highest BCUT2D eigenvalue weighted by Gasteiger charge is 2.22. The fraction of sp³-hybridized carbons (Fsp3) is 0.917. The lowest BCUT2D eigenvalue weighted by molar-refractivity contribution is -0.124. The van der Waals surface area contributed by atoms with Gasteiger partial charge in [-0.25, -0.2) is 0 Å². The Hall–Kier alpha value is -0.610. The molecule has 0 heterocycles. The summed E-state index contributed by atoms with van der Waals surface area (Å²) in [6.45, 7) is 11.7. The third-order valence-electron chi connectivity index (χ3n) is 2.36. The van der Waals surface area contributed by atoms with Crippen LogP contribution in [-0.4, -0.2) is 35.2 Å². The summed E-state index contributed by atoms with van der Waals surface area (Å²) >= 11 is 0. The number of amides is 1. The normalized spacial score (nSPS) is 16.0. The van der Waals surface area contributed by atoms with Gasteiger partial charge < -0.3 is 15.7 Å². The Kier molecular flexibility index (Phi) is 5.97. The van der Waals surface area contributed by atoms with E-state index in [1.165, 1.54) is 0 Å². The Morgan fingerprint density at radius 1 is 1.25 bits per heavy atom. The predicted octanol–water partition coefficient (Wildman–Crippen LogP) is 0.896. The molecule has 0 aliphatic heterocycles. The van der Waals surface area contributed by atoms with E-state index < -0.39 is 0 Å². The van der Waals surface area contributed by atoms with Gasteiger partial charge in [0.2, 0.25) is 5.91 Å². The first kappa shape index (κ1) is 15.4. The van der Waals surface area contributed by atoms with Crippen molar-refractivity contribution in [2.24, 2.45) is 5.92 Å². The van der Waals surface area contributed by atoms with Crippen LogP contribution in [0.25, 0.3) is 0 Å². The molecule has 2 atom stereocenters. The van der Waals surface area contributed by atoms with Crippen LogP contribution in [0.1, 0.15) is 41.5 Å². The first-order valence-corrected chi connectivity index (χ1v) is 5.86. The van der Waals surface area contributed by atoms with Gasteiger partial charge in [-0.05, 0) is 33.6 Å². The molecule has 0 rings (SSSR count). The number of hydrogen-bond acceptors (Lipinski definition) is 3. The number of hydrogen-bond donors (Lipinski definition) is 3. The van der Waals surface area contributed by atoms with Crippen molar-refractivity contribution in [3.63, 3.8) is 0 Å². The first-order valence-electron chi connectivity index (χ1n) is 5.86. The van der Waals surface area contributed by atoms with Crippen LogP contribution in [0.2, 0.25) is 0 Å². The molecule has 3 N–H and O–H groups in total. The smallest absolute Gasteiger partial charge is 0.237 e. The standard InChI is InChI=1S/C12H26N2O2/c1-8(2)10(7-15)13-9(3)11(16)14-12(4,5)6/h8-10,13,15H,7H2,1-6H3,(H,14,16)/t9?,10-/m1/s1. The Labute approximate surface area is 98.8 Å². The first-order chi connectivity index (χ1) is 7.17. The van der Waals surface area contributed by atoms with E-state index in [4.69, 9.17) is 5.11 Å². The monoisotopic (exact) mass is 230 g/mol. The summed E-state index contributed by atoms with van der Waals surface area (Å²) in [5.74, 6) is 0.265. The Balaban J connectivity index is 4.24. The lowest BCUT2D eigenvalue weighted by Crippen LogP contribution is -2.53. The molecule has 0 radical (unpaired) electrons. The second kappa shape index (κ2) is 6.21. The highest BCUT2D eigenvalue weighted by Crippen LogP contribution is 2.03. The van der Waals surface area contributed by atoms with Gasteiger partial charge in [-0.2, -0.15) is 0 Å². The Morgan fingerprint density at radius 3 is 2.06 bits per heavy atom. The summed E-state index contributed by atoms with van der Waals surface area (Å²) in [7, 11) is 0. The van der Waals surface area contributed by atoms with Gasteiger partial charge in [0, 0.05) is 11.6 Å². The number of nitrogens with one attached hydrogen (secondary N) is 2. The molecule has 16 heavy (non-hydrogen) atoms. The maximum atomic E-state index is 11.8. The Morgan fingerprint density at radius 2 is 1.75 bits per heavy atom. The van der Waals surface area contributed by atoms with Crippen LogP contribution in [0.15, 0.2) is 0 Å². The van der Waals surface area contributed by atoms with Gasteiger partial charge in [0.25, 0.3) is 0 Å². The fourth-order valence-corrected chi connectivity index (χ4v) is 1.33. The lowest BCUT2D eigenvalue weighted by atomic mass is 10.0. The van der Waals surface area contributed by atoms with Crippen LogP contribution in [-0.2, 0) is 4.79 Å². The van der Waals surface area contributed by atoms with Crippen molar-refractivity contribution in [1.29, 1.82) is 0 Å². The van der Waals surface area contributed by atoms with Crippen molar-refractivity contribution in [1.82, 2.24) is 10.6 Å². The number of aliphatic hydroxyl groups is 1. The average molecular weight is 230 g/mol. The molecular weight excluding hydrogens is 204 g/mol. The summed E-state index contributed by atoms with van der Waals surface area (Å²) in [6, 6.07) is -0.334. The van der Waals surface area contributed by atoms with Gasteiger partial charge in [-0.1, -0.05) is 13.8 Å². The van der Waals surface area contributed by atoms with Crippen molar-refractivity contribution in [3.8, 4) is 0 Å². The summed E-state index contributed by atoms with van der Waals surface area (Å²) in [4.78, 5) is 11.8. The predicted molar refractivity (Wildman–Crippen MR) is 66.2 cm³/mol. The second-order valence-corrected chi connectivity index (χ2v) is 5.66. The molecule has 0 aromatic heterocycles. The number of carbonyl (C=O) groups excluding carboxylic acids is 1. The van der Waals surface area contributed by atoms with E-state index in [-0.39, 0.29) is 30.1 Å². The summed E-state index contributed by atoms with van der Waals surface area (Å²) < 4.78 is 0. The number of rotatable bonds is 5. The molecule has 0 aromatic carbocycles. The maximum absolute atomic E-state index is 11.8. The SMILES string of the molecule is CC(N[C@H](CO)C(C)C)C(=O)NC(C)(C)C. The topological polar surface area (TPSA) is 61.4 Å². The third kappa shape index (κ3) is 6.08. The van der Waals surface area contributed by atoms with Crippen molar-refractivity contribution < 1.29 is 9.90 Å². The molecule has 0 bridgehead atoms. The van der Waals surface area contributed by atoms with Gasteiger partial charge >= 0.3 is 0 Å². The van der Waals surface area contributed by atoms with Crippen molar-refractivity contribution in [3.05, 3.63) is 0 Å². The minimum absolute atomic E-state index is 0.0356. The molecule has 96 valence electrons. The van der Waals surface area contributed by atoms with Gasteiger partial charge in [-0.3, -0.25) is 4.79 Å². The van der Waals surface area contributed by atoms with Crippen LogP contribution in [0.4, 0.5) is 0 Å². The molecule has 0 saturated heterocycles. The Bertz CT molecular complexity index is 222. The van der Waals surface area contributed by atoms with Crippen molar-refractivity contribution in [2.45, 2.75) is 59.2 Å². The van der Waals surface area contributed by atoms with E-state index in [0.717, 1.165) is 0 Å². The minimum atomic E-state index is -0.293. The van der Waals surface area contributed by atoms with E-state index in [1.807, 2.05) is 41.5 Å².